The van der Waals surface area contributed by atoms with Crippen LogP contribution in [0.25, 0.3) is 11.3 Å². The number of nitrogens with two attached hydrogens (primary N) is 1. The van der Waals surface area contributed by atoms with E-state index in [1.54, 1.807) is 6.07 Å². The lowest BCUT2D eigenvalue weighted by molar-refractivity contribution is -0.115. The molecule has 4 N–H and O–H groups in total. The first-order valence-electron chi connectivity index (χ1n) is 5.80. The van der Waals surface area contributed by atoms with Gasteiger partial charge in [0, 0.05) is 11.6 Å². The molecular weight excluding hydrogens is 228 g/mol. The summed E-state index contributed by atoms with van der Waals surface area (Å²) in [6, 6.07) is 3.85. The molecule has 2 heterocycles. The van der Waals surface area contributed by atoms with E-state index in [0.29, 0.717) is 12.2 Å². The van der Waals surface area contributed by atoms with E-state index in [1.165, 1.54) is 0 Å². The Balaban J connectivity index is 2.28. The number of nitrogen functional groups attached to an aromatic ring is 1. The van der Waals surface area contributed by atoms with Crippen molar-refractivity contribution in [2.24, 2.45) is 0 Å². The summed E-state index contributed by atoms with van der Waals surface area (Å²) in [6.45, 7) is 4.08. The average Bonchev–Trinajstić information content (AvgIpc) is 2.86. The Morgan fingerprint density at radius 1 is 1.33 bits per heavy atom. The maximum Gasteiger partial charge on any atom is 0.228 e. The number of hydrogen-bond acceptors (Lipinski definition) is 3. The highest BCUT2D eigenvalue weighted by molar-refractivity contribution is 6.04. The van der Waals surface area contributed by atoms with E-state index in [9.17, 15) is 4.79 Å². The second-order valence-corrected chi connectivity index (χ2v) is 4.66. The van der Waals surface area contributed by atoms with Crippen LogP contribution in [0.1, 0.15) is 16.7 Å². The van der Waals surface area contributed by atoms with Crippen LogP contribution >= 0.6 is 0 Å². The summed E-state index contributed by atoms with van der Waals surface area (Å²) in [5, 5.41) is 9.77. The highest BCUT2D eigenvalue weighted by Crippen LogP contribution is 2.38. The molecule has 0 atom stereocenters. The zero-order chi connectivity index (χ0) is 12.9. The van der Waals surface area contributed by atoms with Crippen molar-refractivity contribution in [3.8, 4) is 11.3 Å². The summed E-state index contributed by atoms with van der Waals surface area (Å²) in [5.74, 6) is 0.479. The number of aryl methyl sites for hydroxylation is 1. The minimum Gasteiger partial charge on any atom is -0.382 e. The van der Waals surface area contributed by atoms with Gasteiger partial charge >= 0.3 is 0 Å². The lowest BCUT2D eigenvalue weighted by Gasteiger charge is -2.12. The van der Waals surface area contributed by atoms with Crippen LogP contribution in [0, 0.1) is 13.8 Å². The molecule has 1 aromatic heterocycles. The Bertz CT molecular complexity index is 657. The number of carbonyl (C=O) groups excluding carboxylic acids is 1. The Kier molecular flexibility index (Phi) is 2.16. The molecular formula is C13H14N4O. The molecule has 0 aliphatic carbocycles. The van der Waals surface area contributed by atoms with Crippen molar-refractivity contribution in [1.82, 2.24) is 10.2 Å². The van der Waals surface area contributed by atoms with E-state index in [4.69, 9.17) is 5.73 Å². The van der Waals surface area contributed by atoms with Gasteiger partial charge in [-0.1, -0.05) is 6.07 Å². The number of carbonyl (C=O) groups is 1. The molecule has 0 radical (unpaired) electrons. The Morgan fingerprint density at radius 3 is 2.78 bits per heavy atom. The summed E-state index contributed by atoms with van der Waals surface area (Å²) in [4.78, 5) is 11.5. The van der Waals surface area contributed by atoms with Crippen LogP contribution in [0.15, 0.2) is 12.1 Å². The average molecular weight is 242 g/mol. The monoisotopic (exact) mass is 242 g/mol. The van der Waals surface area contributed by atoms with Gasteiger partial charge in [-0.2, -0.15) is 5.10 Å². The first-order chi connectivity index (χ1) is 8.56. The number of nitrogens with one attached hydrogen (secondary N) is 2. The number of H-pyrrole nitrogens is 1. The Morgan fingerprint density at radius 2 is 2.11 bits per heavy atom. The van der Waals surface area contributed by atoms with Gasteiger partial charge in [-0.25, -0.2) is 0 Å². The minimum atomic E-state index is 0.0312. The molecule has 2 aromatic rings. The normalized spacial score (nSPS) is 13.6. The van der Waals surface area contributed by atoms with Crippen molar-refractivity contribution < 1.29 is 4.79 Å². The summed E-state index contributed by atoms with van der Waals surface area (Å²) >= 11 is 0. The number of fused-ring (bicyclic) bond motifs is 1. The van der Waals surface area contributed by atoms with Crippen LogP contribution in [0.2, 0.25) is 0 Å². The van der Waals surface area contributed by atoms with Crippen molar-refractivity contribution in [3.05, 3.63) is 28.8 Å². The summed E-state index contributed by atoms with van der Waals surface area (Å²) in [7, 11) is 0. The van der Waals surface area contributed by atoms with Crippen molar-refractivity contribution in [2.45, 2.75) is 20.3 Å². The fourth-order valence-electron chi connectivity index (χ4n) is 2.43. The van der Waals surface area contributed by atoms with Gasteiger partial charge in [0.15, 0.2) is 0 Å². The molecule has 0 saturated heterocycles. The molecule has 5 nitrogen and oxygen atoms in total. The van der Waals surface area contributed by atoms with E-state index in [1.807, 2.05) is 13.8 Å². The second-order valence-electron chi connectivity index (χ2n) is 4.66. The van der Waals surface area contributed by atoms with Crippen molar-refractivity contribution in [2.75, 3.05) is 11.1 Å². The molecule has 0 saturated carbocycles. The smallest absolute Gasteiger partial charge is 0.228 e. The van der Waals surface area contributed by atoms with Crippen LogP contribution in [-0.2, 0) is 11.2 Å². The maximum absolute atomic E-state index is 11.5. The zero-order valence-corrected chi connectivity index (χ0v) is 10.3. The van der Waals surface area contributed by atoms with Gasteiger partial charge in [0.2, 0.25) is 5.91 Å². The fourth-order valence-corrected chi connectivity index (χ4v) is 2.43. The molecule has 1 aliphatic rings. The SMILES string of the molecule is Cc1cc2c(c(-c3cc(N)n[nH]3)c1C)NC(=O)C2. The van der Waals surface area contributed by atoms with Crippen LogP contribution in [-0.4, -0.2) is 16.1 Å². The van der Waals surface area contributed by atoms with Gasteiger partial charge in [0.25, 0.3) is 0 Å². The van der Waals surface area contributed by atoms with E-state index in [-0.39, 0.29) is 5.91 Å². The third-order valence-electron chi connectivity index (χ3n) is 3.41. The zero-order valence-electron chi connectivity index (χ0n) is 10.3. The van der Waals surface area contributed by atoms with Crippen LogP contribution in [0.3, 0.4) is 0 Å². The summed E-state index contributed by atoms with van der Waals surface area (Å²) in [5.41, 5.74) is 11.7. The Labute approximate surface area is 104 Å². The number of nitrogens with zero attached hydrogens (tertiary/aromatic N) is 1. The van der Waals surface area contributed by atoms with Crippen molar-refractivity contribution in [3.63, 3.8) is 0 Å². The molecule has 0 spiro atoms. The highest BCUT2D eigenvalue weighted by atomic mass is 16.1. The largest absolute Gasteiger partial charge is 0.382 e. The van der Waals surface area contributed by atoms with Crippen LogP contribution in [0.5, 0.6) is 0 Å². The number of aromatic nitrogens is 2. The summed E-state index contributed by atoms with van der Waals surface area (Å²) in [6.07, 6.45) is 0.438. The second kappa shape index (κ2) is 3.60. The molecule has 0 unspecified atom stereocenters. The van der Waals surface area contributed by atoms with E-state index >= 15 is 0 Å². The lowest BCUT2D eigenvalue weighted by Crippen LogP contribution is -2.04. The van der Waals surface area contributed by atoms with E-state index in [0.717, 1.165) is 33.6 Å². The van der Waals surface area contributed by atoms with Gasteiger partial charge in [0.05, 0.1) is 17.8 Å². The topological polar surface area (TPSA) is 83.8 Å². The molecule has 5 heteroatoms. The standard InChI is InChI=1S/C13H14N4O/c1-6-3-8-4-11(18)15-13(8)12(7(6)2)9-5-10(14)17-16-9/h3,5H,4H2,1-2H3,(H,15,18)(H3,14,16,17). The third-order valence-corrected chi connectivity index (χ3v) is 3.41. The number of rotatable bonds is 1. The first-order valence-corrected chi connectivity index (χ1v) is 5.80. The predicted octanol–water partition coefficient (Wildman–Crippen LogP) is 1.77. The van der Waals surface area contributed by atoms with Gasteiger partial charge in [-0.05, 0) is 30.5 Å². The van der Waals surface area contributed by atoms with Crippen LogP contribution < -0.4 is 11.1 Å². The molecule has 0 fully saturated rings. The maximum atomic E-state index is 11.5. The van der Waals surface area contributed by atoms with Crippen LogP contribution in [0.4, 0.5) is 11.5 Å². The third kappa shape index (κ3) is 1.48. The summed E-state index contributed by atoms with van der Waals surface area (Å²) < 4.78 is 0. The quantitative estimate of drug-likeness (QED) is 0.712. The molecule has 3 rings (SSSR count). The molecule has 1 amide bonds. The molecule has 92 valence electrons. The Hall–Kier alpha value is -2.30. The van der Waals surface area contributed by atoms with Gasteiger partial charge in [-0.15, -0.1) is 0 Å². The molecule has 1 aromatic carbocycles. The van der Waals surface area contributed by atoms with Gasteiger partial charge in [0.1, 0.15) is 5.82 Å². The van der Waals surface area contributed by atoms with E-state index in [2.05, 4.69) is 21.6 Å². The lowest BCUT2D eigenvalue weighted by atomic mass is 9.95. The predicted molar refractivity (Wildman–Crippen MR) is 70.2 cm³/mol. The number of hydrogen-bond donors (Lipinski definition) is 3. The number of benzene rings is 1. The number of aromatic amines is 1. The molecule has 1 aliphatic heterocycles. The minimum absolute atomic E-state index is 0.0312. The fraction of sp³-hybridized carbons (Fsp3) is 0.231. The van der Waals surface area contributed by atoms with Gasteiger partial charge < -0.3 is 11.1 Å². The molecule has 18 heavy (non-hydrogen) atoms. The van der Waals surface area contributed by atoms with E-state index < -0.39 is 0 Å². The van der Waals surface area contributed by atoms with Crippen molar-refractivity contribution in [1.29, 1.82) is 0 Å². The first kappa shape index (κ1) is 10.8. The number of amides is 1. The van der Waals surface area contributed by atoms with Gasteiger partial charge in [-0.3, -0.25) is 9.89 Å². The molecule has 0 bridgehead atoms. The van der Waals surface area contributed by atoms with Crippen molar-refractivity contribution >= 4 is 17.4 Å². The number of anilines is 2. The highest BCUT2D eigenvalue weighted by Gasteiger charge is 2.24.